The Bertz CT molecular complexity index is 355. The van der Waals surface area contributed by atoms with Crippen molar-refractivity contribution in [2.24, 2.45) is 0 Å². The zero-order valence-electron chi connectivity index (χ0n) is 10.2. The average Bonchev–Trinajstić information content (AvgIpc) is 2.24. The molecule has 16 heavy (non-hydrogen) atoms. The zero-order valence-corrected chi connectivity index (χ0v) is 11.0. The highest BCUT2D eigenvalue weighted by molar-refractivity contribution is 7.84. The van der Waals surface area contributed by atoms with Crippen molar-refractivity contribution in [1.82, 2.24) is 10.3 Å². The highest BCUT2D eigenvalue weighted by atomic mass is 32.2. The molecule has 0 radical (unpaired) electrons. The van der Waals surface area contributed by atoms with E-state index in [1.54, 1.807) is 6.26 Å². The molecule has 1 aromatic heterocycles. The molecule has 0 aliphatic carbocycles. The molecule has 2 unspecified atom stereocenters. The van der Waals surface area contributed by atoms with Gasteiger partial charge in [-0.25, -0.2) is 0 Å². The molecule has 0 saturated carbocycles. The molecule has 2 atom stereocenters. The van der Waals surface area contributed by atoms with E-state index in [9.17, 15) is 4.21 Å². The van der Waals surface area contributed by atoms with Crippen molar-refractivity contribution in [2.75, 3.05) is 18.6 Å². The van der Waals surface area contributed by atoms with Crippen LogP contribution in [-0.2, 0) is 10.8 Å². The summed E-state index contributed by atoms with van der Waals surface area (Å²) in [5.74, 6) is 0.770. The first-order valence-corrected chi connectivity index (χ1v) is 7.28. The van der Waals surface area contributed by atoms with Crippen molar-refractivity contribution in [3.8, 4) is 0 Å². The Morgan fingerprint density at radius 3 is 2.94 bits per heavy atom. The van der Waals surface area contributed by atoms with Gasteiger partial charge in [0.2, 0.25) is 0 Å². The predicted molar refractivity (Wildman–Crippen MR) is 68.9 cm³/mol. The minimum atomic E-state index is -0.682. The van der Waals surface area contributed by atoms with E-state index in [0.29, 0.717) is 6.04 Å². The van der Waals surface area contributed by atoms with Gasteiger partial charge in [-0.2, -0.15) is 0 Å². The second-order valence-corrected chi connectivity index (χ2v) is 5.59. The van der Waals surface area contributed by atoms with Crippen LogP contribution in [0.4, 0.5) is 0 Å². The maximum atomic E-state index is 10.9. The van der Waals surface area contributed by atoms with Crippen molar-refractivity contribution in [3.05, 3.63) is 29.6 Å². The second kappa shape index (κ2) is 6.76. The molecule has 1 aromatic rings. The van der Waals surface area contributed by atoms with Gasteiger partial charge < -0.3 is 5.32 Å². The molecule has 0 bridgehead atoms. The SMILES string of the molecule is Cc1ccncc1C(C)NCCCS(C)=O. The molecular weight excluding hydrogens is 220 g/mol. The van der Waals surface area contributed by atoms with Crippen molar-refractivity contribution < 1.29 is 4.21 Å². The van der Waals surface area contributed by atoms with Crippen molar-refractivity contribution in [1.29, 1.82) is 0 Å². The first-order chi connectivity index (χ1) is 7.61. The summed E-state index contributed by atoms with van der Waals surface area (Å²) in [5.41, 5.74) is 2.49. The van der Waals surface area contributed by atoms with E-state index in [1.165, 1.54) is 11.1 Å². The van der Waals surface area contributed by atoms with Gasteiger partial charge in [-0.3, -0.25) is 9.19 Å². The Morgan fingerprint density at radius 2 is 2.31 bits per heavy atom. The Balaban J connectivity index is 2.38. The number of aryl methyl sites for hydroxylation is 1. The van der Waals surface area contributed by atoms with E-state index in [-0.39, 0.29) is 0 Å². The van der Waals surface area contributed by atoms with E-state index >= 15 is 0 Å². The van der Waals surface area contributed by atoms with Crippen LogP contribution in [0.1, 0.15) is 30.5 Å². The number of aromatic nitrogens is 1. The van der Waals surface area contributed by atoms with Gasteiger partial charge in [-0.15, -0.1) is 0 Å². The van der Waals surface area contributed by atoms with Gasteiger partial charge in [0.25, 0.3) is 0 Å². The van der Waals surface area contributed by atoms with Gasteiger partial charge in [0.15, 0.2) is 0 Å². The molecule has 4 heteroatoms. The molecule has 1 heterocycles. The minimum Gasteiger partial charge on any atom is -0.310 e. The Kier molecular flexibility index (Phi) is 5.63. The summed E-state index contributed by atoms with van der Waals surface area (Å²) >= 11 is 0. The molecule has 0 fully saturated rings. The first-order valence-electron chi connectivity index (χ1n) is 5.55. The lowest BCUT2D eigenvalue weighted by molar-refractivity contribution is 0.567. The van der Waals surface area contributed by atoms with Crippen LogP contribution in [0.15, 0.2) is 18.5 Å². The lowest BCUT2D eigenvalue weighted by Crippen LogP contribution is -2.21. The molecule has 0 spiro atoms. The fourth-order valence-corrected chi connectivity index (χ4v) is 2.18. The van der Waals surface area contributed by atoms with E-state index in [0.717, 1.165) is 18.7 Å². The Hall–Kier alpha value is -0.740. The third-order valence-electron chi connectivity index (χ3n) is 2.61. The highest BCUT2D eigenvalue weighted by Gasteiger charge is 2.06. The molecule has 1 rings (SSSR count). The summed E-state index contributed by atoms with van der Waals surface area (Å²) in [4.78, 5) is 4.13. The lowest BCUT2D eigenvalue weighted by Gasteiger charge is -2.15. The van der Waals surface area contributed by atoms with Gasteiger partial charge >= 0.3 is 0 Å². The normalized spacial score (nSPS) is 14.7. The van der Waals surface area contributed by atoms with Gasteiger partial charge in [-0.1, -0.05) is 0 Å². The standard InChI is InChI=1S/C12H20N2OS/c1-10-5-7-13-9-12(10)11(2)14-6-4-8-16(3)15/h5,7,9,11,14H,4,6,8H2,1-3H3. The molecule has 0 amide bonds. The summed E-state index contributed by atoms with van der Waals surface area (Å²) < 4.78 is 10.9. The Labute approximate surface area is 100 Å². The third-order valence-corrected chi connectivity index (χ3v) is 3.47. The van der Waals surface area contributed by atoms with E-state index in [1.807, 2.05) is 18.5 Å². The zero-order chi connectivity index (χ0) is 12.0. The molecule has 0 aliphatic heterocycles. The third kappa shape index (κ3) is 4.41. The maximum Gasteiger partial charge on any atom is 0.0318 e. The summed E-state index contributed by atoms with van der Waals surface area (Å²) in [6.45, 7) is 5.12. The topological polar surface area (TPSA) is 42.0 Å². The quantitative estimate of drug-likeness (QED) is 0.771. The summed E-state index contributed by atoms with van der Waals surface area (Å²) in [5, 5.41) is 3.42. The highest BCUT2D eigenvalue weighted by Crippen LogP contribution is 2.14. The van der Waals surface area contributed by atoms with Gasteiger partial charge in [0, 0.05) is 41.2 Å². The fraction of sp³-hybridized carbons (Fsp3) is 0.583. The second-order valence-electron chi connectivity index (χ2n) is 4.04. The van der Waals surface area contributed by atoms with E-state index in [4.69, 9.17) is 0 Å². The largest absolute Gasteiger partial charge is 0.310 e. The van der Waals surface area contributed by atoms with E-state index < -0.39 is 10.8 Å². The van der Waals surface area contributed by atoms with Crippen molar-refractivity contribution >= 4 is 10.8 Å². The van der Waals surface area contributed by atoms with E-state index in [2.05, 4.69) is 24.1 Å². The number of pyridine rings is 1. The molecule has 0 aromatic carbocycles. The number of rotatable bonds is 6. The van der Waals surface area contributed by atoms with Crippen LogP contribution < -0.4 is 5.32 Å². The van der Waals surface area contributed by atoms with Crippen LogP contribution in [0.3, 0.4) is 0 Å². The fourth-order valence-electron chi connectivity index (χ4n) is 1.63. The van der Waals surface area contributed by atoms with Crippen LogP contribution in [0.2, 0.25) is 0 Å². The summed E-state index contributed by atoms with van der Waals surface area (Å²) in [6, 6.07) is 2.33. The van der Waals surface area contributed by atoms with Crippen molar-refractivity contribution in [2.45, 2.75) is 26.3 Å². The molecule has 90 valence electrons. The first kappa shape index (κ1) is 13.3. The molecule has 3 nitrogen and oxygen atoms in total. The molecule has 0 aliphatic rings. The predicted octanol–water partition coefficient (Wildman–Crippen LogP) is 1.81. The molecule has 1 N–H and O–H groups in total. The Morgan fingerprint density at radius 1 is 1.56 bits per heavy atom. The number of hydrogen-bond donors (Lipinski definition) is 1. The maximum absolute atomic E-state index is 10.9. The van der Waals surface area contributed by atoms with Crippen molar-refractivity contribution in [3.63, 3.8) is 0 Å². The van der Waals surface area contributed by atoms with Crippen LogP contribution in [-0.4, -0.2) is 27.7 Å². The smallest absolute Gasteiger partial charge is 0.0318 e. The van der Waals surface area contributed by atoms with Gasteiger partial charge in [-0.05, 0) is 44.0 Å². The number of nitrogens with zero attached hydrogens (tertiary/aromatic N) is 1. The van der Waals surface area contributed by atoms with Crippen LogP contribution in [0.25, 0.3) is 0 Å². The molecular formula is C12H20N2OS. The molecule has 0 saturated heterocycles. The van der Waals surface area contributed by atoms with Gasteiger partial charge in [0.1, 0.15) is 0 Å². The monoisotopic (exact) mass is 240 g/mol. The summed E-state index contributed by atoms with van der Waals surface area (Å²) in [6.07, 6.45) is 6.41. The summed E-state index contributed by atoms with van der Waals surface area (Å²) in [7, 11) is -0.682. The number of nitrogens with one attached hydrogen (secondary N) is 1. The van der Waals surface area contributed by atoms with Crippen LogP contribution in [0.5, 0.6) is 0 Å². The van der Waals surface area contributed by atoms with Crippen LogP contribution in [0, 0.1) is 6.92 Å². The minimum absolute atomic E-state index is 0.305. The lowest BCUT2D eigenvalue weighted by atomic mass is 10.1. The van der Waals surface area contributed by atoms with Gasteiger partial charge in [0.05, 0.1) is 0 Å². The number of hydrogen-bond acceptors (Lipinski definition) is 3. The average molecular weight is 240 g/mol. The van der Waals surface area contributed by atoms with Crippen LogP contribution >= 0.6 is 0 Å².